The van der Waals surface area contributed by atoms with Crippen LogP contribution < -0.4 is 5.32 Å². The van der Waals surface area contributed by atoms with Crippen LogP contribution in [0.3, 0.4) is 0 Å². The molecule has 120 valence electrons. The summed E-state index contributed by atoms with van der Waals surface area (Å²) in [5.41, 5.74) is 0.0618. The van der Waals surface area contributed by atoms with Crippen molar-refractivity contribution in [3.05, 3.63) is 0 Å². The molecule has 0 aromatic carbocycles. The number of carbonyl (C=O) groups is 1. The first-order valence-corrected chi connectivity index (χ1v) is 8.66. The van der Waals surface area contributed by atoms with Gasteiger partial charge < -0.3 is 10.1 Å². The van der Waals surface area contributed by atoms with E-state index < -0.39 is 5.41 Å². The third kappa shape index (κ3) is 2.74. The number of nitrogens with one attached hydrogen (secondary N) is 1. The SMILES string of the molecule is COC(=O)C(C)(C)CNC(C)C12CC3CC(CC(C3)C1)C2. The predicted octanol–water partition coefficient (Wildman–Crippen LogP) is 3.38. The topological polar surface area (TPSA) is 38.3 Å². The highest BCUT2D eigenvalue weighted by molar-refractivity contribution is 5.76. The Hall–Kier alpha value is -0.570. The summed E-state index contributed by atoms with van der Waals surface area (Å²) in [6.45, 7) is 7.00. The number of hydrogen-bond donors (Lipinski definition) is 1. The number of ether oxygens (including phenoxy) is 1. The van der Waals surface area contributed by atoms with Gasteiger partial charge in [-0.25, -0.2) is 0 Å². The standard InChI is InChI=1S/C18H31NO2/c1-12(19-11-17(2,3)16(20)21-4)18-8-13-5-14(9-18)7-15(6-13)10-18/h12-15,19H,5-11H2,1-4H3. The Morgan fingerprint density at radius 2 is 1.67 bits per heavy atom. The molecule has 1 atom stereocenters. The molecule has 4 rings (SSSR count). The Morgan fingerprint density at radius 3 is 2.10 bits per heavy atom. The van der Waals surface area contributed by atoms with Crippen molar-refractivity contribution in [3.63, 3.8) is 0 Å². The number of esters is 1. The van der Waals surface area contributed by atoms with Gasteiger partial charge in [0.05, 0.1) is 12.5 Å². The van der Waals surface area contributed by atoms with Crippen molar-refractivity contribution in [2.75, 3.05) is 13.7 Å². The van der Waals surface area contributed by atoms with Crippen molar-refractivity contribution in [1.29, 1.82) is 0 Å². The Morgan fingerprint density at radius 1 is 1.19 bits per heavy atom. The van der Waals surface area contributed by atoms with Crippen LogP contribution in [0.5, 0.6) is 0 Å². The van der Waals surface area contributed by atoms with Crippen molar-refractivity contribution in [2.24, 2.45) is 28.6 Å². The van der Waals surface area contributed by atoms with Crippen LogP contribution >= 0.6 is 0 Å². The van der Waals surface area contributed by atoms with Gasteiger partial charge in [0.2, 0.25) is 0 Å². The van der Waals surface area contributed by atoms with Crippen LogP contribution in [0.15, 0.2) is 0 Å². The largest absolute Gasteiger partial charge is 0.469 e. The number of rotatable bonds is 5. The van der Waals surface area contributed by atoms with Gasteiger partial charge in [-0.2, -0.15) is 0 Å². The molecule has 1 N–H and O–H groups in total. The van der Waals surface area contributed by atoms with Gasteiger partial charge in [-0.3, -0.25) is 4.79 Å². The van der Waals surface area contributed by atoms with E-state index in [-0.39, 0.29) is 5.97 Å². The van der Waals surface area contributed by atoms with E-state index in [9.17, 15) is 4.79 Å². The van der Waals surface area contributed by atoms with E-state index in [4.69, 9.17) is 4.74 Å². The van der Waals surface area contributed by atoms with Crippen LogP contribution in [0.2, 0.25) is 0 Å². The van der Waals surface area contributed by atoms with Crippen LogP contribution in [0, 0.1) is 28.6 Å². The molecule has 0 amide bonds. The Balaban J connectivity index is 1.63. The van der Waals surface area contributed by atoms with Crippen molar-refractivity contribution in [3.8, 4) is 0 Å². The number of hydrogen-bond acceptors (Lipinski definition) is 3. The van der Waals surface area contributed by atoms with Crippen molar-refractivity contribution in [2.45, 2.75) is 65.3 Å². The average Bonchev–Trinajstić information content (AvgIpc) is 2.42. The molecule has 1 unspecified atom stereocenters. The van der Waals surface area contributed by atoms with Gasteiger partial charge in [0.25, 0.3) is 0 Å². The molecule has 0 aromatic heterocycles. The summed E-state index contributed by atoms with van der Waals surface area (Å²) < 4.78 is 4.92. The second-order valence-corrected chi connectivity index (χ2v) is 8.76. The lowest BCUT2D eigenvalue weighted by atomic mass is 9.48. The van der Waals surface area contributed by atoms with Crippen LogP contribution in [0.1, 0.15) is 59.3 Å². The molecular weight excluding hydrogens is 262 g/mol. The third-order valence-electron chi connectivity index (χ3n) is 6.59. The van der Waals surface area contributed by atoms with Gasteiger partial charge in [0, 0.05) is 12.6 Å². The minimum atomic E-state index is -0.439. The van der Waals surface area contributed by atoms with E-state index in [0.29, 0.717) is 18.0 Å². The first kappa shape index (κ1) is 15.3. The zero-order valence-electron chi connectivity index (χ0n) is 14.1. The second kappa shape index (κ2) is 5.26. The number of methoxy groups -OCH3 is 1. The monoisotopic (exact) mass is 293 g/mol. The fourth-order valence-corrected chi connectivity index (χ4v) is 5.68. The van der Waals surface area contributed by atoms with E-state index in [0.717, 1.165) is 17.8 Å². The van der Waals surface area contributed by atoms with Gasteiger partial charge in [0.1, 0.15) is 0 Å². The van der Waals surface area contributed by atoms with E-state index in [1.807, 2.05) is 13.8 Å². The maximum Gasteiger partial charge on any atom is 0.312 e. The molecule has 4 aliphatic carbocycles. The molecule has 4 saturated carbocycles. The molecule has 0 saturated heterocycles. The Labute approximate surface area is 129 Å². The summed E-state index contributed by atoms with van der Waals surface area (Å²) in [5.74, 6) is 2.82. The molecule has 0 aromatic rings. The Bertz CT molecular complexity index is 380. The smallest absolute Gasteiger partial charge is 0.312 e. The van der Waals surface area contributed by atoms with Crippen molar-refractivity contribution in [1.82, 2.24) is 5.32 Å². The molecule has 0 heterocycles. The van der Waals surface area contributed by atoms with Gasteiger partial charge in [-0.1, -0.05) is 0 Å². The van der Waals surface area contributed by atoms with E-state index in [2.05, 4.69) is 12.2 Å². The quantitative estimate of drug-likeness (QED) is 0.790. The van der Waals surface area contributed by atoms with E-state index in [1.54, 1.807) is 0 Å². The molecule has 4 aliphatic rings. The third-order valence-corrected chi connectivity index (χ3v) is 6.59. The van der Waals surface area contributed by atoms with Gasteiger partial charge in [-0.05, 0) is 82.5 Å². The predicted molar refractivity (Wildman–Crippen MR) is 83.9 cm³/mol. The van der Waals surface area contributed by atoms with E-state index >= 15 is 0 Å². The molecule has 4 bridgehead atoms. The zero-order chi connectivity index (χ0) is 15.3. The molecular formula is C18H31NO2. The number of carbonyl (C=O) groups excluding carboxylic acids is 1. The fraction of sp³-hybridized carbons (Fsp3) is 0.944. The minimum Gasteiger partial charge on any atom is -0.469 e. The van der Waals surface area contributed by atoms with Crippen molar-refractivity contribution >= 4 is 5.97 Å². The molecule has 3 heteroatoms. The first-order valence-electron chi connectivity index (χ1n) is 8.66. The summed E-state index contributed by atoms with van der Waals surface area (Å²) >= 11 is 0. The van der Waals surface area contributed by atoms with Crippen LogP contribution in [-0.4, -0.2) is 25.7 Å². The molecule has 3 nitrogen and oxygen atoms in total. The summed E-state index contributed by atoms with van der Waals surface area (Å²) in [6.07, 6.45) is 8.68. The summed E-state index contributed by atoms with van der Waals surface area (Å²) in [4.78, 5) is 11.8. The lowest BCUT2D eigenvalue weighted by Crippen LogP contribution is -2.56. The molecule has 4 fully saturated rings. The zero-order valence-corrected chi connectivity index (χ0v) is 14.1. The minimum absolute atomic E-state index is 0.118. The highest BCUT2D eigenvalue weighted by Gasteiger charge is 2.53. The lowest BCUT2D eigenvalue weighted by molar-refractivity contribution is -0.150. The van der Waals surface area contributed by atoms with Gasteiger partial charge in [-0.15, -0.1) is 0 Å². The lowest BCUT2D eigenvalue weighted by Gasteiger charge is -2.59. The molecule has 0 radical (unpaired) electrons. The summed E-state index contributed by atoms with van der Waals surface area (Å²) in [6, 6.07) is 0.509. The van der Waals surface area contributed by atoms with Crippen LogP contribution in [0.25, 0.3) is 0 Å². The average molecular weight is 293 g/mol. The van der Waals surface area contributed by atoms with E-state index in [1.165, 1.54) is 45.6 Å². The highest BCUT2D eigenvalue weighted by Crippen LogP contribution is 2.61. The normalized spacial score (nSPS) is 39.3. The molecule has 21 heavy (non-hydrogen) atoms. The summed E-state index contributed by atoms with van der Waals surface area (Å²) in [7, 11) is 1.48. The van der Waals surface area contributed by atoms with Crippen molar-refractivity contribution < 1.29 is 9.53 Å². The molecule has 0 aliphatic heterocycles. The fourth-order valence-electron chi connectivity index (χ4n) is 5.68. The molecule has 0 spiro atoms. The van der Waals surface area contributed by atoms with Gasteiger partial charge >= 0.3 is 5.97 Å². The highest BCUT2D eigenvalue weighted by atomic mass is 16.5. The van der Waals surface area contributed by atoms with Crippen LogP contribution in [0.4, 0.5) is 0 Å². The van der Waals surface area contributed by atoms with Crippen LogP contribution in [-0.2, 0) is 9.53 Å². The maximum atomic E-state index is 11.8. The second-order valence-electron chi connectivity index (χ2n) is 8.76. The maximum absolute atomic E-state index is 11.8. The summed E-state index contributed by atoms with van der Waals surface area (Å²) in [5, 5.41) is 3.69. The Kier molecular flexibility index (Phi) is 3.84. The van der Waals surface area contributed by atoms with Gasteiger partial charge in [0.15, 0.2) is 0 Å². The first-order chi connectivity index (χ1) is 9.84.